The van der Waals surface area contributed by atoms with E-state index in [9.17, 15) is 4.79 Å². The first-order valence-corrected chi connectivity index (χ1v) is 3.64. The van der Waals surface area contributed by atoms with E-state index < -0.39 is 5.60 Å². The minimum Gasteiger partial charge on any atom is -0.381 e. The number of ketones is 1. The van der Waals surface area contributed by atoms with Gasteiger partial charge in [-0.15, -0.1) is 0 Å². The topological polar surface area (TPSA) is 35.5 Å². The van der Waals surface area contributed by atoms with Crippen molar-refractivity contribution in [3.05, 3.63) is 6.92 Å². The van der Waals surface area contributed by atoms with Gasteiger partial charge in [-0.05, 0) is 0 Å². The van der Waals surface area contributed by atoms with Crippen molar-refractivity contribution < 1.29 is 14.3 Å². The molecule has 2 radical (unpaired) electrons. The Kier molecular flexibility index (Phi) is 2.62. The van der Waals surface area contributed by atoms with Gasteiger partial charge in [-0.1, -0.05) is 0 Å². The second-order valence-electron chi connectivity index (χ2n) is 2.68. The highest BCUT2D eigenvalue weighted by molar-refractivity contribution is 5.91. The summed E-state index contributed by atoms with van der Waals surface area (Å²) in [5.41, 5.74) is -0.766. The predicted octanol–water partition coefficient (Wildman–Crippen LogP) is 0.462. The number of carbonyl (C=O) groups is 1. The second kappa shape index (κ2) is 3.32. The van der Waals surface area contributed by atoms with Gasteiger partial charge in [0.1, 0.15) is 5.60 Å². The van der Waals surface area contributed by atoms with Gasteiger partial charge in [-0.3, -0.25) is 4.79 Å². The average Bonchev–Trinajstić information content (AvgIpc) is 2.05. The Morgan fingerprint density at radius 1 is 1.55 bits per heavy atom. The van der Waals surface area contributed by atoms with Gasteiger partial charge in [0.25, 0.3) is 0 Å². The molecular formula is C8H12O3. The van der Waals surface area contributed by atoms with E-state index in [0.29, 0.717) is 26.1 Å². The molecule has 0 aromatic rings. The minimum atomic E-state index is -0.766. The Morgan fingerprint density at radius 3 is 2.36 bits per heavy atom. The molecule has 0 amide bonds. The molecule has 0 bridgehead atoms. The van der Waals surface area contributed by atoms with Crippen LogP contribution >= 0.6 is 0 Å². The molecule has 0 spiro atoms. The first kappa shape index (κ1) is 8.68. The molecule has 62 valence electrons. The molecule has 0 aromatic heterocycles. The van der Waals surface area contributed by atoms with Crippen molar-refractivity contribution >= 4 is 5.78 Å². The number of hydrogen-bond acceptors (Lipinski definition) is 3. The molecule has 0 N–H and O–H groups in total. The highest BCUT2D eigenvalue weighted by atomic mass is 16.5. The summed E-state index contributed by atoms with van der Waals surface area (Å²) in [7, 11) is 1.51. The fourth-order valence-electron chi connectivity index (χ4n) is 1.25. The minimum absolute atomic E-state index is 0.386. The Labute approximate surface area is 66.7 Å². The summed E-state index contributed by atoms with van der Waals surface area (Å²) in [5, 5.41) is 0. The van der Waals surface area contributed by atoms with Crippen molar-refractivity contribution in [2.75, 3.05) is 20.3 Å². The molecule has 3 heteroatoms. The van der Waals surface area contributed by atoms with E-state index in [1.165, 1.54) is 7.11 Å². The lowest BCUT2D eigenvalue weighted by atomic mass is 9.90. The molecule has 0 unspecified atom stereocenters. The van der Waals surface area contributed by atoms with E-state index >= 15 is 0 Å². The largest absolute Gasteiger partial charge is 0.381 e. The van der Waals surface area contributed by atoms with Gasteiger partial charge in [-0.2, -0.15) is 0 Å². The lowest BCUT2D eigenvalue weighted by molar-refractivity contribution is -0.147. The molecule has 3 nitrogen and oxygen atoms in total. The first-order chi connectivity index (χ1) is 5.21. The SMILES string of the molecule is [CH]C(=O)C1(OC)CCOCC1. The Morgan fingerprint density at radius 2 is 2.09 bits per heavy atom. The fourth-order valence-corrected chi connectivity index (χ4v) is 1.25. The predicted molar refractivity (Wildman–Crippen MR) is 39.1 cm³/mol. The van der Waals surface area contributed by atoms with Gasteiger partial charge in [0.15, 0.2) is 5.78 Å². The van der Waals surface area contributed by atoms with E-state index in [1.54, 1.807) is 0 Å². The van der Waals surface area contributed by atoms with E-state index in [4.69, 9.17) is 16.4 Å². The summed E-state index contributed by atoms with van der Waals surface area (Å²) in [4.78, 5) is 10.9. The van der Waals surface area contributed by atoms with Crippen LogP contribution in [-0.2, 0) is 14.3 Å². The van der Waals surface area contributed by atoms with Crippen molar-refractivity contribution in [2.45, 2.75) is 18.4 Å². The Bertz CT molecular complexity index is 147. The molecule has 0 aliphatic carbocycles. The molecular weight excluding hydrogens is 144 g/mol. The van der Waals surface area contributed by atoms with Crippen LogP contribution in [-0.4, -0.2) is 31.7 Å². The van der Waals surface area contributed by atoms with Crippen LogP contribution in [0.15, 0.2) is 0 Å². The quantitative estimate of drug-likeness (QED) is 0.582. The summed E-state index contributed by atoms with van der Waals surface area (Å²) in [6.07, 6.45) is 1.14. The summed E-state index contributed by atoms with van der Waals surface area (Å²) < 4.78 is 10.2. The third-order valence-electron chi connectivity index (χ3n) is 2.14. The van der Waals surface area contributed by atoms with Crippen LogP contribution in [0.1, 0.15) is 12.8 Å². The maximum Gasteiger partial charge on any atom is 0.169 e. The average molecular weight is 156 g/mol. The van der Waals surface area contributed by atoms with Crippen LogP contribution in [0.2, 0.25) is 0 Å². The smallest absolute Gasteiger partial charge is 0.169 e. The highest BCUT2D eigenvalue weighted by Gasteiger charge is 2.37. The maximum atomic E-state index is 10.9. The third kappa shape index (κ3) is 1.60. The molecule has 0 saturated carbocycles. The van der Waals surface area contributed by atoms with Gasteiger partial charge in [0.05, 0.1) is 0 Å². The summed E-state index contributed by atoms with van der Waals surface area (Å²) in [5.74, 6) is -0.386. The van der Waals surface area contributed by atoms with Gasteiger partial charge in [-0.25, -0.2) is 0 Å². The van der Waals surface area contributed by atoms with Gasteiger partial charge in [0, 0.05) is 40.1 Å². The molecule has 1 heterocycles. The van der Waals surface area contributed by atoms with Crippen molar-refractivity contribution in [3.63, 3.8) is 0 Å². The van der Waals surface area contributed by atoms with Crippen LogP contribution in [0.25, 0.3) is 0 Å². The third-order valence-corrected chi connectivity index (χ3v) is 2.14. The Balaban J connectivity index is 2.64. The molecule has 0 atom stereocenters. The van der Waals surface area contributed by atoms with Gasteiger partial charge < -0.3 is 9.47 Å². The van der Waals surface area contributed by atoms with Crippen molar-refractivity contribution in [1.29, 1.82) is 0 Å². The van der Waals surface area contributed by atoms with Crippen molar-refractivity contribution in [1.82, 2.24) is 0 Å². The zero-order valence-electron chi connectivity index (χ0n) is 6.63. The number of methoxy groups -OCH3 is 1. The summed E-state index contributed by atoms with van der Waals surface area (Å²) >= 11 is 0. The summed E-state index contributed by atoms with van der Waals surface area (Å²) in [6, 6.07) is 0. The van der Waals surface area contributed by atoms with Crippen LogP contribution in [0, 0.1) is 6.92 Å². The van der Waals surface area contributed by atoms with Gasteiger partial charge in [0.2, 0.25) is 0 Å². The van der Waals surface area contributed by atoms with E-state index in [1.807, 2.05) is 0 Å². The Hall–Kier alpha value is -0.410. The van der Waals surface area contributed by atoms with E-state index in [0.717, 1.165) is 0 Å². The zero-order chi connectivity index (χ0) is 8.32. The molecule has 1 aliphatic rings. The summed E-state index contributed by atoms with van der Waals surface area (Å²) in [6.45, 7) is 6.30. The lowest BCUT2D eigenvalue weighted by Crippen LogP contribution is -2.44. The number of hydrogen-bond donors (Lipinski definition) is 0. The van der Waals surface area contributed by atoms with Gasteiger partial charge >= 0.3 is 0 Å². The standard InChI is InChI=1S/C8H12O3/c1-7(9)8(10-2)3-5-11-6-4-8/h1H,3-6H2,2H3. The number of ether oxygens (including phenoxy) is 2. The molecule has 1 rings (SSSR count). The molecule has 1 saturated heterocycles. The monoisotopic (exact) mass is 156 g/mol. The zero-order valence-corrected chi connectivity index (χ0v) is 6.63. The van der Waals surface area contributed by atoms with Crippen LogP contribution < -0.4 is 0 Å². The molecule has 1 fully saturated rings. The van der Waals surface area contributed by atoms with E-state index in [2.05, 4.69) is 0 Å². The highest BCUT2D eigenvalue weighted by Crippen LogP contribution is 2.24. The van der Waals surface area contributed by atoms with Crippen LogP contribution in [0.4, 0.5) is 0 Å². The maximum absolute atomic E-state index is 10.9. The van der Waals surface area contributed by atoms with Crippen LogP contribution in [0.3, 0.4) is 0 Å². The first-order valence-electron chi connectivity index (χ1n) is 3.64. The molecule has 1 aliphatic heterocycles. The fraction of sp³-hybridized carbons (Fsp3) is 0.750. The molecule has 11 heavy (non-hydrogen) atoms. The van der Waals surface area contributed by atoms with Crippen LogP contribution in [0.5, 0.6) is 0 Å². The van der Waals surface area contributed by atoms with E-state index in [-0.39, 0.29) is 5.78 Å². The number of carbonyl (C=O) groups excluding carboxylic acids is 1. The normalized spacial score (nSPS) is 23.1. The number of Topliss-reactive ketones (excluding diaryl/α,β-unsaturated/α-hetero) is 1. The van der Waals surface area contributed by atoms with Crippen molar-refractivity contribution in [3.8, 4) is 0 Å². The van der Waals surface area contributed by atoms with Crippen molar-refractivity contribution in [2.24, 2.45) is 0 Å². The lowest BCUT2D eigenvalue weighted by Gasteiger charge is -2.32. The second-order valence-corrected chi connectivity index (χ2v) is 2.68. The molecule has 0 aromatic carbocycles. The number of rotatable bonds is 2.